The van der Waals surface area contributed by atoms with E-state index in [1.54, 1.807) is 20.8 Å². The molecular weight excluding hydrogens is 278 g/mol. The third-order valence-electron chi connectivity index (χ3n) is 2.46. The number of hydrogen-bond donors (Lipinski definition) is 4. The average Bonchev–Trinajstić information content (AvgIpc) is 2.33. The van der Waals surface area contributed by atoms with E-state index in [4.69, 9.17) is 10.5 Å². The van der Waals surface area contributed by atoms with Gasteiger partial charge >= 0.3 is 11.8 Å². The Balaban J connectivity index is 2.55. The van der Waals surface area contributed by atoms with E-state index in [2.05, 4.69) is 15.6 Å². The van der Waals surface area contributed by atoms with Crippen LogP contribution in [0.1, 0.15) is 20.8 Å². The van der Waals surface area contributed by atoms with Gasteiger partial charge in [-0.3, -0.25) is 14.3 Å². The fourth-order valence-electron chi connectivity index (χ4n) is 1.47. The molecule has 0 aromatic carbocycles. The van der Waals surface area contributed by atoms with Gasteiger partial charge < -0.3 is 21.1 Å². The van der Waals surface area contributed by atoms with Crippen molar-refractivity contribution < 1.29 is 9.53 Å². The van der Waals surface area contributed by atoms with Crippen LogP contribution in [0.5, 0.6) is 0 Å². The Morgan fingerprint density at radius 3 is 2.52 bits per heavy atom. The summed E-state index contributed by atoms with van der Waals surface area (Å²) in [4.78, 5) is 36.4. The second-order valence-electron chi connectivity index (χ2n) is 5.43. The normalized spacial score (nSPS) is 11.0. The van der Waals surface area contributed by atoms with Crippen LogP contribution in [0.2, 0.25) is 0 Å². The standard InChI is InChI=1S/C12H21N5O4/c1-12(2,3)21-11(20)15-6-5-14-7-8(13)17(4)10(19)16-9(7)18/h14H,5-6,13H2,1-4H3,(H,15,20)(H,16,18,19). The predicted molar refractivity (Wildman–Crippen MR) is 79.4 cm³/mol. The molecule has 0 aliphatic heterocycles. The van der Waals surface area contributed by atoms with Gasteiger partial charge in [0.05, 0.1) is 0 Å². The quantitative estimate of drug-likeness (QED) is 0.559. The molecule has 0 saturated heterocycles. The Labute approximate surface area is 121 Å². The number of alkyl carbamates (subject to hydrolysis) is 1. The lowest BCUT2D eigenvalue weighted by atomic mass is 10.2. The number of nitrogens with two attached hydrogens (primary N) is 1. The zero-order valence-corrected chi connectivity index (χ0v) is 12.6. The summed E-state index contributed by atoms with van der Waals surface area (Å²) in [7, 11) is 1.44. The Kier molecular flexibility index (Phi) is 5.01. The molecule has 1 rings (SSSR count). The smallest absolute Gasteiger partial charge is 0.407 e. The number of nitrogen functional groups attached to an aromatic ring is 1. The first-order chi connectivity index (χ1) is 9.61. The first-order valence-corrected chi connectivity index (χ1v) is 6.41. The highest BCUT2D eigenvalue weighted by Crippen LogP contribution is 2.08. The number of nitrogens with zero attached hydrogens (tertiary/aromatic N) is 1. The highest BCUT2D eigenvalue weighted by molar-refractivity contribution is 5.67. The van der Waals surface area contributed by atoms with Crippen molar-refractivity contribution in [3.05, 3.63) is 20.8 Å². The molecule has 0 saturated carbocycles. The SMILES string of the molecule is Cn1c(N)c(NCCNC(=O)OC(C)(C)C)c(=O)[nH]c1=O. The molecule has 0 bridgehead atoms. The highest BCUT2D eigenvalue weighted by Gasteiger charge is 2.15. The van der Waals surface area contributed by atoms with Crippen LogP contribution in [0, 0.1) is 0 Å². The lowest BCUT2D eigenvalue weighted by Crippen LogP contribution is -2.36. The summed E-state index contributed by atoms with van der Waals surface area (Å²) in [5.74, 6) is 0.0287. The zero-order valence-electron chi connectivity index (χ0n) is 12.6. The molecule has 1 heterocycles. The minimum absolute atomic E-state index is 0.0287. The summed E-state index contributed by atoms with van der Waals surface area (Å²) in [5.41, 5.74) is 4.00. The van der Waals surface area contributed by atoms with Crippen molar-refractivity contribution in [1.29, 1.82) is 0 Å². The highest BCUT2D eigenvalue weighted by atomic mass is 16.6. The molecule has 9 nitrogen and oxygen atoms in total. The van der Waals surface area contributed by atoms with Crippen LogP contribution >= 0.6 is 0 Å². The summed E-state index contributed by atoms with van der Waals surface area (Å²) >= 11 is 0. The maximum Gasteiger partial charge on any atom is 0.407 e. The molecule has 1 aromatic rings. The fraction of sp³-hybridized carbons (Fsp3) is 0.583. The Morgan fingerprint density at radius 1 is 1.33 bits per heavy atom. The number of rotatable bonds is 4. The molecule has 0 spiro atoms. The van der Waals surface area contributed by atoms with Crippen LogP contribution in [0.4, 0.5) is 16.3 Å². The van der Waals surface area contributed by atoms with Crippen LogP contribution in [-0.4, -0.2) is 34.3 Å². The van der Waals surface area contributed by atoms with E-state index in [0.717, 1.165) is 4.57 Å². The minimum atomic E-state index is -0.604. The summed E-state index contributed by atoms with van der Waals surface area (Å²) in [6, 6.07) is 0. The van der Waals surface area contributed by atoms with Crippen molar-refractivity contribution >= 4 is 17.6 Å². The number of H-pyrrole nitrogens is 1. The number of aromatic amines is 1. The molecule has 9 heteroatoms. The number of carbonyl (C=O) groups is 1. The molecule has 0 aliphatic carbocycles. The van der Waals surface area contributed by atoms with Gasteiger partial charge in [0.2, 0.25) is 0 Å². The van der Waals surface area contributed by atoms with E-state index in [1.807, 2.05) is 0 Å². The van der Waals surface area contributed by atoms with Crippen LogP contribution in [0.3, 0.4) is 0 Å². The predicted octanol–water partition coefficient (Wildman–Crippen LogP) is -0.408. The van der Waals surface area contributed by atoms with Gasteiger partial charge in [0, 0.05) is 20.1 Å². The number of ether oxygens (including phenoxy) is 1. The second-order valence-corrected chi connectivity index (χ2v) is 5.43. The van der Waals surface area contributed by atoms with Crippen molar-refractivity contribution in [3.8, 4) is 0 Å². The molecule has 0 unspecified atom stereocenters. The van der Waals surface area contributed by atoms with Crippen LogP contribution < -0.4 is 27.6 Å². The van der Waals surface area contributed by atoms with Gasteiger partial charge in [0.25, 0.3) is 5.56 Å². The molecule has 21 heavy (non-hydrogen) atoms. The first-order valence-electron chi connectivity index (χ1n) is 6.41. The number of carbonyl (C=O) groups excluding carboxylic acids is 1. The van der Waals surface area contributed by atoms with Gasteiger partial charge in [-0.15, -0.1) is 0 Å². The lowest BCUT2D eigenvalue weighted by Gasteiger charge is -2.19. The average molecular weight is 299 g/mol. The maximum absolute atomic E-state index is 11.6. The van der Waals surface area contributed by atoms with Crippen molar-refractivity contribution in [1.82, 2.24) is 14.9 Å². The Bertz CT molecular complexity index is 626. The van der Waals surface area contributed by atoms with E-state index in [0.29, 0.717) is 0 Å². The van der Waals surface area contributed by atoms with Crippen LogP contribution in [0.25, 0.3) is 0 Å². The summed E-state index contributed by atoms with van der Waals surface area (Å²) in [6.07, 6.45) is -0.549. The van der Waals surface area contributed by atoms with E-state index >= 15 is 0 Å². The Morgan fingerprint density at radius 2 is 1.95 bits per heavy atom. The molecule has 1 amide bonds. The number of hydrogen-bond acceptors (Lipinski definition) is 6. The Hall–Kier alpha value is -2.45. The van der Waals surface area contributed by atoms with Crippen molar-refractivity contribution in [2.75, 3.05) is 24.1 Å². The number of nitrogens with one attached hydrogen (secondary N) is 3. The topological polar surface area (TPSA) is 131 Å². The number of aromatic nitrogens is 2. The summed E-state index contributed by atoms with van der Waals surface area (Å²) < 4.78 is 6.17. The van der Waals surface area contributed by atoms with Gasteiger partial charge in [-0.05, 0) is 20.8 Å². The maximum atomic E-state index is 11.6. The first kappa shape index (κ1) is 16.6. The monoisotopic (exact) mass is 299 g/mol. The van der Waals surface area contributed by atoms with Gasteiger partial charge in [-0.2, -0.15) is 0 Å². The number of amides is 1. The van der Waals surface area contributed by atoms with E-state index < -0.39 is 22.9 Å². The van der Waals surface area contributed by atoms with Crippen molar-refractivity contribution in [3.63, 3.8) is 0 Å². The van der Waals surface area contributed by atoms with Gasteiger partial charge in [0.15, 0.2) is 0 Å². The van der Waals surface area contributed by atoms with Gasteiger partial charge in [0.1, 0.15) is 17.1 Å². The fourth-order valence-corrected chi connectivity index (χ4v) is 1.47. The molecule has 0 radical (unpaired) electrons. The molecule has 5 N–H and O–H groups in total. The summed E-state index contributed by atoms with van der Waals surface area (Å²) in [6.45, 7) is 5.77. The molecular formula is C12H21N5O4. The van der Waals surface area contributed by atoms with Gasteiger partial charge in [-0.25, -0.2) is 9.59 Å². The lowest BCUT2D eigenvalue weighted by molar-refractivity contribution is 0.0530. The van der Waals surface area contributed by atoms with E-state index in [9.17, 15) is 14.4 Å². The van der Waals surface area contributed by atoms with Crippen LogP contribution in [-0.2, 0) is 11.8 Å². The summed E-state index contributed by atoms with van der Waals surface area (Å²) in [5, 5.41) is 5.30. The second kappa shape index (κ2) is 6.33. The third-order valence-corrected chi connectivity index (χ3v) is 2.46. The molecule has 118 valence electrons. The number of anilines is 2. The van der Waals surface area contributed by atoms with Crippen molar-refractivity contribution in [2.45, 2.75) is 26.4 Å². The van der Waals surface area contributed by atoms with E-state index in [-0.39, 0.29) is 24.6 Å². The van der Waals surface area contributed by atoms with Crippen molar-refractivity contribution in [2.24, 2.45) is 7.05 Å². The van der Waals surface area contributed by atoms with Crippen LogP contribution in [0.15, 0.2) is 9.59 Å². The molecule has 0 aliphatic rings. The van der Waals surface area contributed by atoms with E-state index in [1.165, 1.54) is 7.05 Å². The van der Waals surface area contributed by atoms with Gasteiger partial charge in [-0.1, -0.05) is 0 Å². The third kappa shape index (κ3) is 4.86. The molecule has 0 fully saturated rings. The zero-order chi connectivity index (χ0) is 16.2. The molecule has 1 aromatic heterocycles. The molecule has 0 atom stereocenters. The largest absolute Gasteiger partial charge is 0.444 e. The minimum Gasteiger partial charge on any atom is -0.444 e.